The Hall–Kier alpha value is -4.52. The van der Waals surface area contributed by atoms with Crippen molar-refractivity contribution in [3.8, 4) is 16.9 Å². The maximum atomic E-state index is 13.2. The first kappa shape index (κ1) is 25.1. The summed E-state index contributed by atoms with van der Waals surface area (Å²) < 4.78 is 5.31. The molecule has 0 fully saturated rings. The van der Waals surface area contributed by atoms with Crippen molar-refractivity contribution < 1.29 is 19.4 Å². The highest BCUT2D eigenvalue weighted by atomic mass is 16.5. The summed E-state index contributed by atoms with van der Waals surface area (Å²) in [6, 6.07) is 23.6. The Bertz CT molecular complexity index is 1550. The molecule has 2 heterocycles. The Morgan fingerprint density at radius 3 is 2.39 bits per heavy atom. The van der Waals surface area contributed by atoms with Gasteiger partial charge in [0.05, 0.1) is 30.8 Å². The number of fused-ring (bicyclic) bond motifs is 1. The van der Waals surface area contributed by atoms with Crippen LogP contribution < -0.4 is 4.74 Å². The molecule has 5 rings (SSSR count). The van der Waals surface area contributed by atoms with Crippen molar-refractivity contribution in [3.05, 3.63) is 95.2 Å². The van der Waals surface area contributed by atoms with Gasteiger partial charge in [-0.1, -0.05) is 54.1 Å². The van der Waals surface area contributed by atoms with E-state index >= 15 is 0 Å². The van der Waals surface area contributed by atoms with Crippen LogP contribution in [0.4, 0.5) is 0 Å². The van der Waals surface area contributed by atoms with Crippen molar-refractivity contribution >= 4 is 28.5 Å². The summed E-state index contributed by atoms with van der Waals surface area (Å²) in [4.78, 5) is 29.4. The molecule has 0 bridgehead atoms. The number of aryl methyl sites for hydroxylation is 2. The van der Waals surface area contributed by atoms with Gasteiger partial charge in [-0.25, -0.2) is 5.01 Å². The lowest BCUT2D eigenvalue weighted by molar-refractivity contribution is -0.141. The van der Waals surface area contributed by atoms with Gasteiger partial charge in [0.1, 0.15) is 5.75 Å². The number of pyridine rings is 1. The maximum absolute atomic E-state index is 13.2. The monoisotopic (exact) mass is 507 g/mol. The summed E-state index contributed by atoms with van der Waals surface area (Å²) in [5.74, 6) is -0.626. The van der Waals surface area contributed by atoms with E-state index < -0.39 is 5.97 Å². The molecule has 1 aliphatic heterocycles. The van der Waals surface area contributed by atoms with Gasteiger partial charge in [0.15, 0.2) is 0 Å². The number of aliphatic carboxylic acids is 1. The summed E-state index contributed by atoms with van der Waals surface area (Å²) in [7, 11) is 1.61. The molecule has 7 heteroatoms. The predicted molar refractivity (Wildman–Crippen MR) is 147 cm³/mol. The van der Waals surface area contributed by atoms with Crippen molar-refractivity contribution in [2.45, 2.75) is 39.2 Å². The molecule has 192 valence electrons. The summed E-state index contributed by atoms with van der Waals surface area (Å²) >= 11 is 0. The minimum absolute atomic E-state index is 0.127. The number of methoxy groups -OCH3 is 1. The smallest absolute Gasteiger partial charge is 0.303 e. The van der Waals surface area contributed by atoms with E-state index in [4.69, 9.17) is 19.9 Å². The summed E-state index contributed by atoms with van der Waals surface area (Å²) in [5.41, 5.74) is 7.48. The zero-order valence-corrected chi connectivity index (χ0v) is 21.6. The number of aromatic nitrogens is 1. The van der Waals surface area contributed by atoms with Gasteiger partial charge in [0.25, 0.3) is 0 Å². The molecule has 1 N–H and O–H groups in total. The first-order chi connectivity index (χ1) is 18.4. The van der Waals surface area contributed by atoms with Gasteiger partial charge in [-0.15, -0.1) is 0 Å². The first-order valence-corrected chi connectivity index (χ1v) is 12.6. The fraction of sp³-hybridized carbons (Fsp3) is 0.226. The van der Waals surface area contributed by atoms with Crippen LogP contribution in [-0.4, -0.2) is 39.8 Å². The molecule has 0 radical (unpaired) electrons. The highest BCUT2D eigenvalue weighted by molar-refractivity contribution is 6.14. The van der Waals surface area contributed by atoms with Crippen molar-refractivity contribution in [2.24, 2.45) is 5.10 Å². The molecule has 0 aliphatic carbocycles. The number of carboxylic acid groups (broad SMARTS) is 1. The molecular weight excluding hydrogens is 478 g/mol. The van der Waals surface area contributed by atoms with Crippen molar-refractivity contribution in [1.82, 2.24) is 9.99 Å². The minimum Gasteiger partial charge on any atom is -0.497 e. The molecule has 1 aliphatic rings. The first-order valence-electron chi connectivity index (χ1n) is 12.6. The number of hydrazone groups is 1. The van der Waals surface area contributed by atoms with Crippen LogP contribution in [0.25, 0.3) is 22.0 Å². The summed E-state index contributed by atoms with van der Waals surface area (Å²) in [5, 5.41) is 16.5. The topological polar surface area (TPSA) is 92.1 Å². The largest absolute Gasteiger partial charge is 0.497 e. The number of rotatable bonds is 7. The summed E-state index contributed by atoms with van der Waals surface area (Å²) in [6.45, 7) is 4.03. The third-order valence-electron chi connectivity index (χ3n) is 6.89. The highest BCUT2D eigenvalue weighted by Gasteiger charge is 2.35. The van der Waals surface area contributed by atoms with Crippen LogP contribution in [-0.2, 0) is 9.59 Å². The standard InChI is InChI=1S/C31H29N3O4/c1-19-9-14-25-24(17-19)31(22-7-5-4-6-8-22)30(20(2)32-25)26-18-27(21-10-12-23(38-3)13-11-21)34(33-26)28(35)15-16-29(36)37/h4-14,17,27H,15-16,18H2,1-3H3,(H,36,37)/t27-/m1/s1. The lowest BCUT2D eigenvalue weighted by atomic mass is 9.89. The van der Waals surface area contributed by atoms with E-state index in [0.29, 0.717) is 12.2 Å². The van der Waals surface area contributed by atoms with Crippen LogP contribution in [0.5, 0.6) is 5.75 Å². The van der Waals surface area contributed by atoms with E-state index in [1.165, 1.54) is 5.01 Å². The van der Waals surface area contributed by atoms with Crippen LogP contribution in [0.3, 0.4) is 0 Å². The molecule has 7 nitrogen and oxygen atoms in total. The predicted octanol–water partition coefficient (Wildman–Crippen LogP) is 6.07. The van der Waals surface area contributed by atoms with Crippen LogP contribution in [0, 0.1) is 13.8 Å². The Balaban J connectivity index is 1.67. The van der Waals surface area contributed by atoms with Gasteiger partial charge in [-0.3, -0.25) is 14.6 Å². The molecule has 3 aromatic carbocycles. The molecule has 1 amide bonds. The van der Waals surface area contributed by atoms with Crippen LogP contribution >= 0.6 is 0 Å². The average Bonchev–Trinajstić information content (AvgIpc) is 3.37. The van der Waals surface area contributed by atoms with Gasteiger partial charge in [-0.05, 0) is 49.2 Å². The fourth-order valence-corrected chi connectivity index (χ4v) is 5.06. The zero-order valence-electron chi connectivity index (χ0n) is 21.6. The Morgan fingerprint density at radius 1 is 0.974 bits per heavy atom. The van der Waals surface area contributed by atoms with Gasteiger partial charge < -0.3 is 9.84 Å². The lowest BCUT2D eigenvalue weighted by Gasteiger charge is -2.22. The second-order valence-corrected chi connectivity index (χ2v) is 9.51. The average molecular weight is 508 g/mol. The van der Waals surface area contributed by atoms with E-state index in [0.717, 1.165) is 50.1 Å². The molecule has 4 aromatic rings. The van der Waals surface area contributed by atoms with E-state index in [1.54, 1.807) is 7.11 Å². The maximum Gasteiger partial charge on any atom is 0.303 e. The normalized spacial score (nSPS) is 15.0. The molecule has 0 saturated heterocycles. The number of hydrogen-bond donors (Lipinski definition) is 1. The summed E-state index contributed by atoms with van der Waals surface area (Å²) in [6.07, 6.45) is 0.101. The van der Waals surface area contributed by atoms with Crippen molar-refractivity contribution in [3.63, 3.8) is 0 Å². The molecule has 0 saturated carbocycles. The van der Waals surface area contributed by atoms with Crippen LogP contribution in [0.2, 0.25) is 0 Å². The molecule has 0 spiro atoms. The van der Waals surface area contributed by atoms with Gasteiger partial charge in [-0.2, -0.15) is 5.10 Å². The number of hydrogen-bond acceptors (Lipinski definition) is 5. The Morgan fingerprint density at radius 2 is 1.71 bits per heavy atom. The number of carboxylic acids is 1. The number of ether oxygens (including phenoxy) is 1. The van der Waals surface area contributed by atoms with Crippen LogP contribution in [0.1, 0.15) is 47.7 Å². The molecular formula is C31H29N3O4. The van der Waals surface area contributed by atoms with Gasteiger partial charge in [0.2, 0.25) is 5.91 Å². The Kier molecular flexibility index (Phi) is 6.92. The van der Waals surface area contributed by atoms with Gasteiger partial charge in [0, 0.05) is 35.0 Å². The SMILES string of the molecule is COc1ccc([C@H]2CC(c3c(C)nc4ccc(C)cc4c3-c3ccccc3)=NN2C(=O)CCC(=O)O)cc1. The third-order valence-corrected chi connectivity index (χ3v) is 6.89. The van der Waals surface area contributed by atoms with Crippen molar-refractivity contribution in [2.75, 3.05) is 7.11 Å². The van der Waals surface area contributed by atoms with E-state index in [2.05, 4.69) is 31.2 Å². The van der Waals surface area contributed by atoms with Crippen LogP contribution in [0.15, 0.2) is 77.9 Å². The zero-order chi connectivity index (χ0) is 26.8. The Labute approximate surface area is 221 Å². The third kappa shape index (κ3) is 4.87. The number of benzene rings is 3. The minimum atomic E-state index is -1.01. The highest BCUT2D eigenvalue weighted by Crippen LogP contribution is 2.40. The van der Waals surface area contributed by atoms with E-state index in [1.807, 2.05) is 55.5 Å². The molecule has 38 heavy (non-hydrogen) atoms. The fourth-order valence-electron chi connectivity index (χ4n) is 5.06. The van der Waals surface area contributed by atoms with E-state index in [9.17, 15) is 9.59 Å². The molecule has 1 atom stereocenters. The number of carbonyl (C=O) groups excluding carboxylic acids is 1. The van der Waals surface area contributed by atoms with Crippen molar-refractivity contribution in [1.29, 1.82) is 0 Å². The second kappa shape index (κ2) is 10.5. The second-order valence-electron chi connectivity index (χ2n) is 9.51. The quantitative estimate of drug-likeness (QED) is 0.328. The molecule has 1 aromatic heterocycles. The van der Waals surface area contributed by atoms with E-state index in [-0.39, 0.29) is 24.8 Å². The number of carbonyl (C=O) groups is 2. The number of nitrogens with zero attached hydrogens (tertiary/aromatic N) is 3. The van der Waals surface area contributed by atoms with Gasteiger partial charge >= 0.3 is 5.97 Å². The lowest BCUT2D eigenvalue weighted by Crippen LogP contribution is -2.27. The number of amides is 1. The molecule has 0 unspecified atom stereocenters.